The molecule has 0 atom stereocenters. The highest BCUT2D eigenvalue weighted by Gasteiger charge is 2.11. The van der Waals surface area contributed by atoms with Crippen molar-refractivity contribution in [2.45, 2.75) is 19.8 Å². The summed E-state index contributed by atoms with van der Waals surface area (Å²) in [4.78, 5) is 26.2. The first-order chi connectivity index (χ1) is 10.1. The molecule has 2 aromatic rings. The van der Waals surface area contributed by atoms with Crippen molar-refractivity contribution in [3.05, 3.63) is 64.0 Å². The maximum atomic E-state index is 11.9. The summed E-state index contributed by atoms with van der Waals surface area (Å²) in [5.41, 5.74) is 2.20. The molecule has 2 rings (SSSR count). The van der Waals surface area contributed by atoms with Crippen LogP contribution in [0.15, 0.2) is 42.7 Å². The largest absolute Gasteiger partial charge is 0.326 e. The van der Waals surface area contributed by atoms with E-state index >= 15 is 0 Å². The van der Waals surface area contributed by atoms with Crippen LogP contribution in [0.25, 0.3) is 0 Å². The van der Waals surface area contributed by atoms with E-state index in [4.69, 9.17) is 0 Å². The van der Waals surface area contributed by atoms with E-state index in [-0.39, 0.29) is 11.6 Å². The minimum absolute atomic E-state index is 0.0387. The predicted molar refractivity (Wildman–Crippen MR) is 79.0 cm³/mol. The maximum absolute atomic E-state index is 11.9. The summed E-state index contributed by atoms with van der Waals surface area (Å²) in [6.07, 6.45) is 4.27. The molecular formula is C15H15N3O3. The molecule has 6 heteroatoms. The number of aromatic nitrogens is 1. The average molecular weight is 285 g/mol. The third kappa shape index (κ3) is 4.10. The zero-order valence-corrected chi connectivity index (χ0v) is 11.6. The fourth-order valence-electron chi connectivity index (χ4n) is 1.87. The van der Waals surface area contributed by atoms with Gasteiger partial charge in [-0.15, -0.1) is 0 Å². The van der Waals surface area contributed by atoms with E-state index in [9.17, 15) is 14.9 Å². The number of carbonyl (C=O) groups is 1. The zero-order chi connectivity index (χ0) is 15.2. The van der Waals surface area contributed by atoms with Gasteiger partial charge in [0.1, 0.15) is 0 Å². The molecule has 0 unspecified atom stereocenters. The number of pyridine rings is 1. The van der Waals surface area contributed by atoms with Crippen LogP contribution in [0.2, 0.25) is 0 Å². The number of non-ortho nitro benzene ring substituents is 1. The number of carbonyl (C=O) groups excluding carboxylic acids is 1. The van der Waals surface area contributed by atoms with Crippen molar-refractivity contribution in [3.63, 3.8) is 0 Å². The molecule has 1 heterocycles. The lowest BCUT2D eigenvalue weighted by atomic mass is 10.1. The number of benzene rings is 1. The first kappa shape index (κ1) is 14.6. The molecule has 0 aliphatic heterocycles. The molecule has 0 bridgehead atoms. The van der Waals surface area contributed by atoms with E-state index in [0.29, 0.717) is 18.5 Å². The maximum Gasteiger partial charge on any atom is 0.271 e. The summed E-state index contributed by atoms with van der Waals surface area (Å²) >= 11 is 0. The Kier molecular flexibility index (Phi) is 4.61. The topological polar surface area (TPSA) is 85.1 Å². The highest BCUT2D eigenvalue weighted by molar-refractivity contribution is 5.92. The minimum atomic E-state index is -0.481. The van der Waals surface area contributed by atoms with Gasteiger partial charge in [0.2, 0.25) is 5.91 Å². The van der Waals surface area contributed by atoms with Gasteiger partial charge in [-0.05, 0) is 30.5 Å². The smallest absolute Gasteiger partial charge is 0.271 e. The van der Waals surface area contributed by atoms with Crippen molar-refractivity contribution in [1.29, 1.82) is 0 Å². The van der Waals surface area contributed by atoms with Crippen molar-refractivity contribution in [2.24, 2.45) is 0 Å². The first-order valence-corrected chi connectivity index (χ1v) is 6.50. The molecular weight excluding hydrogens is 270 g/mol. The van der Waals surface area contributed by atoms with Gasteiger partial charge in [-0.2, -0.15) is 0 Å². The van der Waals surface area contributed by atoms with Crippen molar-refractivity contribution in [2.75, 3.05) is 5.32 Å². The minimum Gasteiger partial charge on any atom is -0.326 e. The number of hydrogen-bond acceptors (Lipinski definition) is 4. The Labute approximate surface area is 122 Å². The monoisotopic (exact) mass is 285 g/mol. The third-order valence-corrected chi connectivity index (χ3v) is 3.07. The Morgan fingerprint density at radius 3 is 2.86 bits per heavy atom. The lowest BCUT2D eigenvalue weighted by molar-refractivity contribution is -0.384. The number of anilines is 1. The van der Waals surface area contributed by atoms with Gasteiger partial charge < -0.3 is 5.32 Å². The van der Waals surface area contributed by atoms with Gasteiger partial charge in [0.15, 0.2) is 0 Å². The van der Waals surface area contributed by atoms with Gasteiger partial charge in [-0.25, -0.2) is 0 Å². The molecule has 0 aliphatic carbocycles. The second kappa shape index (κ2) is 6.60. The molecule has 1 N–H and O–H groups in total. The van der Waals surface area contributed by atoms with Gasteiger partial charge in [0.25, 0.3) is 5.69 Å². The normalized spacial score (nSPS) is 10.1. The molecule has 0 radical (unpaired) electrons. The summed E-state index contributed by atoms with van der Waals surface area (Å²) in [7, 11) is 0. The molecule has 1 aromatic carbocycles. The summed E-state index contributed by atoms with van der Waals surface area (Å²) in [5.74, 6) is -0.178. The van der Waals surface area contributed by atoms with Crippen LogP contribution >= 0.6 is 0 Å². The Morgan fingerprint density at radius 1 is 1.38 bits per heavy atom. The van der Waals surface area contributed by atoms with E-state index in [1.54, 1.807) is 25.4 Å². The van der Waals surface area contributed by atoms with Gasteiger partial charge in [0, 0.05) is 30.9 Å². The Hall–Kier alpha value is -2.76. The molecule has 0 fully saturated rings. The van der Waals surface area contributed by atoms with Crippen molar-refractivity contribution >= 4 is 17.3 Å². The zero-order valence-electron chi connectivity index (χ0n) is 11.6. The molecule has 108 valence electrons. The van der Waals surface area contributed by atoms with Gasteiger partial charge in [-0.1, -0.05) is 12.1 Å². The number of amides is 1. The van der Waals surface area contributed by atoms with E-state index in [2.05, 4.69) is 10.3 Å². The quantitative estimate of drug-likeness (QED) is 0.676. The summed E-state index contributed by atoms with van der Waals surface area (Å²) < 4.78 is 0. The molecule has 0 spiro atoms. The summed E-state index contributed by atoms with van der Waals surface area (Å²) in [5, 5.41) is 13.5. The van der Waals surface area contributed by atoms with Crippen LogP contribution in [0.1, 0.15) is 17.5 Å². The number of nitrogens with zero attached hydrogens (tertiary/aromatic N) is 2. The second-order valence-electron chi connectivity index (χ2n) is 4.67. The van der Waals surface area contributed by atoms with Crippen LogP contribution in [-0.4, -0.2) is 15.8 Å². The molecule has 21 heavy (non-hydrogen) atoms. The Morgan fingerprint density at radius 2 is 2.19 bits per heavy atom. The predicted octanol–water partition coefficient (Wildman–Crippen LogP) is 2.87. The number of nitro groups is 1. The van der Waals surface area contributed by atoms with Crippen molar-refractivity contribution in [1.82, 2.24) is 4.98 Å². The molecule has 6 nitrogen and oxygen atoms in total. The highest BCUT2D eigenvalue weighted by Crippen LogP contribution is 2.22. The second-order valence-corrected chi connectivity index (χ2v) is 4.67. The SMILES string of the molecule is Cc1ccc([N+](=O)[O-])cc1NC(=O)CCc1cccnc1. The molecule has 0 aliphatic rings. The van der Waals surface area contributed by atoms with E-state index in [1.165, 1.54) is 12.1 Å². The van der Waals surface area contributed by atoms with Crippen LogP contribution in [0, 0.1) is 17.0 Å². The lowest BCUT2D eigenvalue weighted by Gasteiger charge is -2.08. The van der Waals surface area contributed by atoms with Crippen LogP contribution in [0.4, 0.5) is 11.4 Å². The third-order valence-electron chi connectivity index (χ3n) is 3.07. The van der Waals surface area contributed by atoms with Gasteiger partial charge in [-0.3, -0.25) is 19.9 Å². The highest BCUT2D eigenvalue weighted by atomic mass is 16.6. The number of hydrogen-bond donors (Lipinski definition) is 1. The molecule has 1 aromatic heterocycles. The van der Waals surface area contributed by atoms with Crippen LogP contribution in [0.3, 0.4) is 0 Å². The molecule has 1 amide bonds. The fourth-order valence-corrected chi connectivity index (χ4v) is 1.87. The summed E-state index contributed by atoms with van der Waals surface area (Å²) in [6.45, 7) is 1.79. The van der Waals surface area contributed by atoms with Gasteiger partial charge >= 0.3 is 0 Å². The summed E-state index contributed by atoms with van der Waals surface area (Å²) in [6, 6.07) is 8.13. The number of aryl methyl sites for hydroxylation is 2. The molecule has 0 saturated carbocycles. The lowest BCUT2D eigenvalue weighted by Crippen LogP contribution is -2.13. The van der Waals surface area contributed by atoms with Crippen LogP contribution in [-0.2, 0) is 11.2 Å². The Balaban J connectivity index is 1.99. The average Bonchev–Trinajstić information content (AvgIpc) is 2.48. The fraction of sp³-hybridized carbons (Fsp3) is 0.200. The van der Waals surface area contributed by atoms with Crippen molar-refractivity contribution in [3.8, 4) is 0 Å². The van der Waals surface area contributed by atoms with E-state index in [0.717, 1.165) is 11.1 Å². The van der Waals surface area contributed by atoms with Gasteiger partial charge in [0.05, 0.1) is 10.6 Å². The number of rotatable bonds is 5. The van der Waals surface area contributed by atoms with Crippen LogP contribution in [0.5, 0.6) is 0 Å². The van der Waals surface area contributed by atoms with E-state index < -0.39 is 4.92 Å². The van der Waals surface area contributed by atoms with Crippen LogP contribution < -0.4 is 5.32 Å². The molecule has 0 saturated heterocycles. The Bertz CT molecular complexity index is 656. The first-order valence-electron chi connectivity index (χ1n) is 6.50. The number of nitro benzene ring substituents is 1. The standard InChI is InChI=1S/C15H15N3O3/c1-11-4-6-13(18(20)21)9-14(11)17-15(19)7-5-12-3-2-8-16-10-12/h2-4,6,8-10H,5,7H2,1H3,(H,17,19). The van der Waals surface area contributed by atoms with E-state index in [1.807, 2.05) is 12.1 Å². The van der Waals surface area contributed by atoms with Crippen molar-refractivity contribution < 1.29 is 9.72 Å². The number of nitrogens with one attached hydrogen (secondary N) is 1.